The zero-order valence-electron chi connectivity index (χ0n) is 16.9. The zero-order valence-corrected chi connectivity index (χ0v) is 19.3. The molecule has 3 rings (SSSR count). The Morgan fingerprint density at radius 3 is 2.72 bits per heavy atom. The average Bonchev–Trinajstić information content (AvgIpc) is 3.03. The van der Waals surface area contributed by atoms with Crippen molar-refractivity contribution in [3.05, 3.63) is 44.7 Å². The van der Waals surface area contributed by atoms with Crippen LogP contribution in [0.5, 0.6) is 0 Å². The van der Waals surface area contributed by atoms with Crippen molar-refractivity contribution in [1.29, 1.82) is 0 Å². The first-order valence-corrected chi connectivity index (χ1v) is 12.3. The Morgan fingerprint density at radius 2 is 2.10 bits per heavy atom. The van der Waals surface area contributed by atoms with Gasteiger partial charge in [-0.2, -0.15) is 0 Å². The van der Waals surface area contributed by atoms with Crippen LogP contribution < -0.4 is 11.1 Å². The first kappa shape index (κ1) is 21.8. The van der Waals surface area contributed by atoms with Crippen LogP contribution in [0.4, 0.5) is 5.82 Å². The molecule has 29 heavy (non-hydrogen) atoms. The predicted molar refractivity (Wildman–Crippen MR) is 124 cm³/mol. The summed E-state index contributed by atoms with van der Waals surface area (Å²) in [7, 11) is -2.57. The molecule has 0 saturated heterocycles. The molecule has 0 saturated carbocycles. The van der Waals surface area contributed by atoms with Crippen LogP contribution in [0.1, 0.15) is 47.9 Å². The summed E-state index contributed by atoms with van der Waals surface area (Å²) in [5, 5.41) is 3.19. The fourth-order valence-electron chi connectivity index (χ4n) is 3.15. The van der Waals surface area contributed by atoms with E-state index in [2.05, 4.69) is 21.2 Å². The number of amides is 1. The second-order valence-electron chi connectivity index (χ2n) is 7.85. The van der Waals surface area contributed by atoms with Crippen LogP contribution in [0.15, 0.2) is 29.3 Å². The smallest absolute Gasteiger partial charge is 0.266 e. The molecule has 1 aliphatic heterocycles. The molecule has 1 amide bonds. The van der Waals surface area contributed by atoms with Gasteiger partial charge in [0.15, 0.2) is 0 Å². The van der Waals surface area contributed by atoms with E-state index in [1.165, 1.54) is 11.3 Å². The summed E-state index contributed by atoms with van der Waals surface area (Å²) in [6.07, 6.45) is 0.775. The van der Waals surface area contributed by atoms with Crippen LogP contribution in [0.2, 0.25) is 5.02 Å². The molecule has 0 fully saturated rings. The molecule has 2 atom stereocenters. The Kier molecular flexibility index (Phi) is 5.57. The number of aryl methyl sites for hydroxylation is 1. The molecule has 6 nitrogen and oxygen atoms in total. The van der Waals surface area contributed by atoms with Crippen molar-refractivity contribution >= 4 is 55.9 Å². The van der Waals surface area contributed by atoms with Gasteiger partial charge in [0.05, 0.1) is 19.5 Å². The number of pyridine rings is 1. The molecule has 0 aromatic carbocycles. The summed E-state index contributed by atoms with van der Waals surface area (Å²) in [6, 6.07) is 7.09. The van der Waals surface area contributed by atoms with Crippen molar-refractivity contribution < 1.29 is 9.00 Å². The lowest BCUT2D eigenvalue weighted by Gasteiger charge is -2.40. The minimum atomic E-state index is -2.57. The number of aromatic nitrogens is 1. The molecule has 2 aromatic rings. The number of carbonyl (C=O) groups excluding carboxylic acids is 1. The normalized spacial score (nSPS) is 26.0. The molecular formula is C20H25ClN4O2S2. The molecular weight excluding hydrogens is 428 g/mol. The Balaban J connectivity index is 1.94. The second-order valence-corrected chi connectivity index (χ2v) is 12.2. The number of hydrogen-bond donors (Lipinski definition) is 2. The summed E-state index contributed by atoms with van der Waals surface area (Å²) < 4.78 is 12.4. The topological polar surface area (TPSA) is 97.4 Å². The maximum absolute atomic E-state index is 13.2. The van der Waals surface area contributed by atoms with Gasteiger partial charge in [-0.25, -0.2) is 4.98 Å². The minimum Gasteiger partial charge on any atom is -0.386 e. The lowest BCUT2D eigenvalue weighted by atomic mass is 10.0. The molecule has 1 unspecified atom stereocenters. The van der Waals surface area contributed by atoms with Crippen LogP contribution in [0.25, 0.3) is 0 Å². The van der Waals surface area contributed by atoms with Gasteiger partial charge in [-0.05, 0) is 60.8 Å². The van der Waals surface area contributed by atoms with Crippen molar-refractivity contribution in [2.24, 2.45) is 10.7 Å². The van der Waals surface area contributed by atoms with E-state index in [0.717, 1.165) is 12.1 Å². The maximum atomic E-state index is 13.2. The number of nitrogens with two attached hydrogens (primary N) is 1. The third-order valence-electron chi connectivity index (χ3n) is 5.24. The highest BCUT2D eigenvalue weighted by Crippen LogP contribution is 2.43. The number of amidine groups is 1. The third-order valence-corrected chi connectivity index (χ3v) is 10.1. The van der Waals surface area contributed by atoms with Gasteiger partial charge in [-0.1, -0.05) is 24.6 Å². The quantitative estimate of drug-likeness (QED) is 0.691. The minimum absolute atomic E-state index is 0.203. The Labute approximate surface area is 180 Å². The highest BCUT2D eigenvalue weighted by Gasteiger charge is 2.46. The highest BCUT2D eigenvalue weighted by atomic mass is 35.5. The fourth-order valence-corrected chi connectivity index (χ4v) is 6.67. The van der Waals surface area contributed by atoms with Crippen LogP contribution in [-0.2, 0) is 21.5 Å². The summed E-state index contributed by atoms with van der Waals surface area (Å²) in [6.45, 7) is 7.39. The zero-order chi connectivity index (χ0) is 21.6. The first-order valence-electron chi connectivity index (χ1n) is 9.17. The largest absolute Gasteiger partial charge is 0.386 e. The van der Waals surface area contributed by atoms with Crippen LogP contribution in [-0.4, -0.2) is 37.3 Å². The monoisotopic (exact) mass is 452 g/mol. The van der Waals surface area contributed by atoms with Gasteiger partial charge in [0.1, 0.15) is 17.2 Å². The van der Waals surface area contributed by atoms with Crippen molar-refractivity contribution in [2.45, 2.75) is 44.4 Å². The number of nitrogens with zero attached hydrogens (tertiary/aromatic N) is 2. The van der Waals surface area contributed by atoms with Crippen LogP contribution in [0, 0.1) is 0 Å². The van der Waals surface area contributed by atoms with Crippen molar-refractivity contribution in [3.63, 3.8) is 0 Å². The summed E-state index contributed by atoms with van der Waals surface area (Å²) >= 11 is 7.68. The second kappa shape index (κ2) is 7.41. The molecule has 0 spiro atoms. The van der Waals surface area contributed by atoms with Crippen LogP contribution in [0.3, 0.4) is 0 Å². The maximum Gasteiger partial charge on any atom is 0.266 e. The van der Waals surface area contributed by atoms with Crippen molar-refractivity contribution in [2.75, 3.05) is 11.1 Å². The van der Waals surface area contributed by atoms with E-state index in [0.29, 0.717) is 20.6 Å². The number of aliphatic imine (C=N–C) groups is 1. The molecule has 3 N–H and O–H groups in total. The number of hydrogen-bond acceptors (Lipinski definition) is 6. The third kappa shape index (κ3) is 3.93. The molecule has 156 valence electrons. The van der Waals surface area contributed by atoms with Gasteiger partial charge in [-0.3, -0.25) is 14.0 Å². The number of rotatable bonds is 4. The molecule has 0 bridgehead atoms. The number of carbonyl (C=O) groups is 1. The van der Waals surface area contributed by atoms with E-state index < -0.39 is 19.8 Å². The van der Waals surface area contributed by atoms with E-state index in [4.69, 9.17) is 17.3 Å². The fraction of sp³-hybridized carbons (Fsp3) is 0.400. The van der Waals surface area contributed by atoms with Gasteiger partial charge < -0.3 is 11.1 Å². The molecule has 9 heteroatoms. The standard InChI is InChI=1S/C20H25ClN4O2S2/c1-6-12-8-7-9-15(23-12)24-17(26)14-10-13(21)16(28-14)20(4)11-29(5,27)19(2,3)18(22)25-20/h7-10H,5-6,11H2,1-4H3,(H2,22,25)(H,23,24,26)/t20-,29?/m0/s1. The molecule has 0 aliphatic carbocycles. The van der Waals surface area contributed by atoms with E-state index in [-0.39, 0.29) is 17.5 Å². The van der Waals surface area contributed by atoms with Crippen LogP contribution >= 0.6 is 22.9 Å². The SMILES string of the molecule is C=S1(=O)C[C@@](C)(c2sc(C(=O)Nc3cccc(CC)n3)cc2Cl)N=C(N)C1(C)C. The van der Waals surface area contributed by atoms with E-state index >= 15 is 0 Å². The average molecular weight is 453 g/mol. The molecule has 1 aliphatic rings. The van der Waals surface area contributed by atoms with Crippen molar-refractivity contribution in [3.8, 4) is 0 Å². The number of nitrogens with one attached hydrogen (secondary N) is 1. The van der Waals surface area contributed by atoms with Gasteiger partial charge in [0, 0.05) is 11.4 Å². The summed E-state index contributed by atoms with van der Waals surface area (Å²) in [5.41, 5.74) is 6.14. The molecule has 0 radical (unpaired) electrons. The van der Waals surface area contributed by atoms with E-state index in [1.807, 2.05) is 26.0 Å². The van der Waals surface area contributed by atoms with Gasteiger partial charge in [0.2, 0.25) is 0 Å². The summed E-state index contributed by atoms with van der Waals surface area (Å²) in [4.78, 5) is 22.8. The summed E-state index contributed by atoms with van der Waals surface area (Å²) in [5.74, 6) is 4.59. The van der Waals surface area contributed by atoms with E-state index in [9.17, 15) is 9.00 Å². The predicted octanol–water partition coefficient (Wildman–Crippen LogP) is 3.69. The number of halogens is 1. The molecule has 3 heterocycles. The number of anilines is 1. The number of thiophene rings is 1. The Bertz CT molecular complexity index is 1110. The van der Waals surface area contributed by atoms with E-state index in [1.54, 1.807) is 26.0 Å². The highest BCUT2D eigenvalue weighted by molar-refractivity contribution is 8.02. The first-order chi connectivity index (χ1) is 13.4. The lowest BCUT2D eigenvalue weighted by Crippen LogP contribution is -2.54. The van der Waals surface area contributed by atoms with Gasteiger partial charge in [0.25, 0.3) is 5.91 Å². The Morgan fingerprint density at radius 1 is 1.41 bits per heavy atom. The van der Waals surface area contributed by atoms with Gasteiger partial charge in [-0.15, -0.1) is 11.3 Å². The molecule has 2 aromatic heterocycles. The lowest BCUT2D eigenvalue weighted by molar-refractivity contribution is 0.103. The Hall–Kier alpha value is -1.90. The van der Waals surface area contributed by atoms with Gasteiger partial charge >= 0.3 is 0 Å². The van der Waals surface area contributed by atoms with Crippen molar-refractivity contribution in [1.82, 2.24) is 4.98 Å².